The number of rotatable bonds is 7. The molecule has 1 amide bonds. The number of halogens is 1. The first-order chi connectivity index (χ1) is 14.7. The summed E-state index contributed by atoms with van der Waals surface area (Å²) in [5, 5.41) is 15.2. The van der Waals surface area contributed by atoms with Gasteiger partial charge in [0.05, 0.1) is 12.0 Å². The Morgan fingerprint density at radius 2 is 1.97 bits per heavy atom. The highest BCUT2D eigenvalue weighted by molar-refractivity contribution is 9.10. The molecule has 0 radical (unpaired) electrons. The molecule has 4 rings (SSSR count). The van der Waals surface area contributed by atoms with Gasteiger partial charge in [0.15, 0.2) is 11.0 Å². The number of nitrogens with one attached hydrogen (secondary N) is 1. The Kier molecular flexibility index (Phi) is 6.67. The van der Waals surface area contributed by atoms with Gasteiger partial charge in [0.25, 0.3) is 5.91 Å². The molecule has 1 aromatic carbocycles. The van der Waals surface area contributed by atoms with Crippen molar-refractivity contribution in [3.05, 3.63) is 75.7 Å². The van der Waals surface area contributed by atoms with E-state index in [0.717, 1.165) is 20.6 Å². The van der Waals surface area contributed by atoms with Crippen molar-refractivity contribution in [3.63, 3.8) is 0 Å². The maximum Gasteiger partial charge on any atom is 0.250 e. The summed E-state index contributed by atoms with van der Waals surface area (Å²) in [6.45, 7) is 0. The molecule has 0 aliphatic rings. The van der Waals surface area contributed by atoms with E-state index in [-0.39, 0.29) is 11.7 Å². The molecule has 0 atom stereocenters. The molecule has 10 heteroatoms. The molecule has 4 aromatic rings. The number of carbonyl (C=O) groups is 1. The molecule has 0 saturated carbocycles. The minimum Gasteiger partial charge on any atom is -0.272 e. The first kappa shape index (κ1) is 20.5. The summed E-state index contributed by atoms with van der Waals surface area (Å²) in [6.07, 6.45) is 5.04. The molecule has 3 heterocycles. The van der Waals surface area contributed by atoms with Crippen LogP contribution >= 0.6 is 39.0 Å². The summed E-state index contributed by atoms with van der Waals surface area (Å²) < 4.78 is 2.90. The summed E-state index contributed by atoms with van der Waals surface area (Å²) in [7, 11) is 0. The van der Waals surface area contributed by atoms with Crippen LogP contribution in [0.5, 0.6) is 0 Å². The number of aromatic nitrogens is 4. The molecule has 1 N–H and O–H groups in total. The van der Waals surface area contributed by atoms with Crippen LogP contribution in [0.1, 0.15) is 4.88 Å². The van der Waals surface area contributed by atoms with E-state index in [9.17, 15) is 4.79 Å². The number of hydrazone groups is 1. The highest BCUT2D eigenvalue weighted by Crippen LogP contribution is 2.28. The van der Waals surface area contributed by atoms with Crippen LogP contribution in [0, 0.1) is 0 Å². The zero-order valence-electron chi connectivity index (χ0n) is 15.5. The Labute approximate surface area is 189 Å². The van der Waals surface area contributed by atoms with Crippen LogP contribution in [0.15, 0.2) is 81.0 Å². The maximum absolute atomic E-state index is 12.2. The summed E-state index contributed by atoms with van der Waals surface area (Å²) in [5.74, 6) is 0.620. The maximum atomic E-state index is 12.2. The third kappa shape index (κ3) is 5.02. The quantitative estimate of drug-likeness (QED) is 0.232. The number of nitrogens with zero attached hydrogens (tertiary/aromatic N) is 5. The van der Waals surface area contributed by atoms with Crippen LogP contribution in [0.3, 0.4) is 0 Å². The Morgan fingerprint density at radius 1 is 1.17 bits per heavy atom. The molecule has 7 nitrogen and oxygen atoms in total. The number of amides is 1. The molecule has 150 valence electrons. The van der Waals surface area contributed by atoms with E-state index in [1.54, 1.807) is 29.9 Å². The largest absolute Gasteiger partial charge is 0.272 e. The average Bonchev–Trinajstić information content (AvgIpc) is 3.43. The molecule has 0 saturated heterocycles. The van der Waals surface area contributed by atoms with E-state index in [2.05, 4.69) is 41.6 Å². The molecule has 0 aliphatic carbocycles. The fraction of sp³-hybridized carbons (Fsp3) is 0.0500. The number of thioether (sulfide) groups is 1. The van der Waals surface area contributed by atoms with Gasteiger partial charge in [0, 0.05) is 33.0 Å². The van der Waals surface area contributed by atoms with Crippen molar-refractivity contribution >= 4 is 51.2 Å². The first-order valence-corrected chi connectivity index (χ1v) is 11.5. The van der Waals surface area contributed by atoms with Gasteiger partial charge in [-0.3, -0.25) is 14.3 Å². The monoisotopic (exact) mass is 498 g/mol. The van der Waals surface area contributed by atoms with E-state index < -0.39 is 0 Å². The van der Waals surface area contributed by atoms with Gasteiger partial charge in [-0.1, -0.05) is 33.8 Å². The third-order valence-corrected chi connectivity index (χ3v) is 6.18. The second-order valence-corrected chi connectivity index (χ2v) is 8.79. The normalized spacial score (nSPS) is 11.1. The predicted molar refractivity (Wildman–Crippen MR) is 123 cm³/mol. The summed E-state index contributed by atoms with van der Waals surface area (Å²) in [6, 6.07) is 15.4. The summed E-state index contributed by atoms with van der Waals surface area (Å²) >= 11 is 6.31. The molecule has 3 aromatic heterocycles. The lowest BCUT2D eigenvalue weighted by molar-refractivity contribution is -0.118. The molecule has 30 heavy (non-hydrogen) atoms. The van der Waals surface area contributed by atoms with Gasteiger partial charge in [-0.05, 0) is 47.8 Å². The van der Waals surface area contributed by atoms with Gasteiger partial charge >= 0.3 is 0 Å². The molecule has 0 unspecified atom stereocenters. The smallest absolute Gasteiger partial charge is 0.250 e. The molecular formula is C20H15BrN6OS2. The second kappa shape index (κ2) is 9.79. The Balaban J connectivity index is 1.53. The number of benzene rings is 1. The Morgan fingerprint density at radius 3 is 2.70 bits per heavy atom. The van der Waals surface area contributed by atoms with Gasteiger partial charge in [-0.25, -0.2) is 5.43 Å². The van der Waals surface area contributed by atoms with Crippen molar-refractivity contribution in [2.24, 2.45) is 5.10 Å². The molecule has 0 fully saturated rings. The Hall–Kier alpha value is -2.82. The molecule has 0 spiro atoms. The first-order valence-electron chi connectivity index (χ1n) is 8.80. The van der Waals surface area contributed by atoms with Crippen LogP contribution in [0.2, 0.25) is 0 Å². The van der Waals surface area contributed by atoms with Crippen LogP contribution < -0.4 is 5.43 Å². The summed E-state index contributed by atoms with van der Waals surface area (Å²) in [4.78, 5) is 17.2. The number of hydrogen-bond acceptors (Lipinski definition) is 7. The number of carbonyl (C=O) groups excluding carboxylic acids is 1. The minimum atomic E-state index is -0.219. The van der Waals surface area contributed by atoms with Gasteiger partial charge in [-0.2, -0.15) is 5.10 Å². The van der Waals surface area contributed by atoms with Gasteiger partial charge < -0.3 is 0 Å². The minimum absolute atomic E-state index is 0.160. The van der Waals surface area contributed by atoms with Crippen molar-refractivity contribution in [1.29, 1.82) is 0 Å². The Bertz CT molecular complexity index is 1140. The van der Waals surface area contributed by atoms with E-state index in [1.807, 2.05) is 58.5 Å². The average molecular weight is 499 g/mol. The molecule has 0 aliphatic heterocycles. The molecule has 0 bridgehead atoms. The summed E-state index contributed by atoms with van der Waals surface area (Å²) in [5.41, 5.74) is 4.32. The lowest BCUT2D eigenvalue weighted by atomic mass is 10.2. The number of hydrogen-bond donors (Lipinski definition) is 1. The van der Waals surface area contributed by atoms with Gasteiger partial charge in [0.2, 0.25) is 0 Å². The zero-order valence-corrected chi connectivity index (χ0v) is 18.7. The van der Waals surface area contributed by atoms with Crippen molar-refractivity contribution in [2.45, 2.75) is 5.16 Å². The van der Waals surface area contributed by atoms with E-state index in [4.69, 9.17) is 0 Å². The lowest BCUT2D eigenvalue weighted by Gasteiger charge is -2.10. The highest BCUT2D eigenvalue weighted by atomic mass is 79.9. The van der Waals surface area contributed by atoms with Crippen LogP contribution in [-0.2, 0) is 4.79 Å². The second-order valence-electron chi connectivity index (χ2n) is 5.95. The fourth-order valence-electron chi connectivity index (χ4n) is 2.57. The number of thiophene rings is 1. The lowest BCUT2D eigenvalue weighted by Crippen LogP contribution is -2.19. The topological polar surface area (TPSA) is 85.1 Å². The van der Waals surface area contributed by atoms with Crippen molar-refractivity contribution in [2.75, 3.05) is 5.75 Å². The van der Waals surface area contributed by atoms with Crippen LogP contribution in [0.4, 0.5) is 0 Å². The standard InChI is InChI=1S/C20H15BrN6OS2/c21-15-3-5-16(6-4-15)27-19(14-7-9-22-10-8-14)25-26-20(27)30-13-18(28)24-23-12-17-2-1-11-29-17/h1-12H,13H2,(H,24,28)/b23-12+. The SMILES string of the molecule is O=C(CSc1nnc(-c2ccncc2)n1-c1ccc(Br)cc1)N/N=C/c1cccs1. The van der Waals surface area contributed by atoms with E-state index >= 15 is 0 Å². The van der Waals surface area contributed by atoms with Gasteiger partial charge in [-0.15, -0.1) is 21.5 Å². The van der Waals surface area contributed by atoms with Crippen LogP contribution in [0.25, 0.3) is 17.1 Å². The van der Waals surface area contributed by atoms with Crippen molar-refractivity contribution in [1.82, 2.24) is 25.2 Å². The predicted octanol–water partition coefficient (Wildman–Crippen LogP) is 4.40. The van der Waals surface area contributed by atoms with E-state index in [1.165, 1.54) is 11.8 Å². The van der Waals surface area contributed by atoms with Crippen molar-refractivity contribution in [3.8, 4) is 17.1 Å². The van der Waals surface area contributed by atoms with Crippen LogP contribution in [-0.4, -0.2) is 37.6 Å². The molecular weight excluding hydrogens is 484 g/mol. The third-order valence-electron chi connectivity index (χ3n) is 3.91. The van der Waals surface area contributed by atoms with Gasteiger partial charge in [0.1, 0.15) is 0 Å². The zero-order chi connectivity index (χ0) is 20.8. The fourth-order valence-corrected chi connectivity index (χ4v) is 4.16. The number of pyridine rings is 1. The van der Waals surface area contributed by atoms with E-state index in [0.29, 0.717) is 11.0 Å². The highest BCUT2D eigenvalue weighted by Gasteiger charge is 2.17. The van der Waals surface area contributed by atoms with Crippen molar-refractivity contribution < 1.29 is 4.79 Å².